The molecule has 4 nitrogen and oxygen atoms in total. The number of carboxylic acid groups (broad SMARTS) is 1. The number of hydrogen-bond acceptors (Lipinski definition) is 4. The third kappa shape index (κ3) is 4.33. The molecule has 0 spiro atoms. The van der Waals surface area contributed by atoms with E-state index < -0.39 is 5.97 Å². The second-order valence-corrected chi connectivity index (χ2v) is 8.34. The molecule has 0 unspecified atom stereocenters. The van der Waals surface area contributed by atoms with Crippen molar-refractivity contribution in [3.8, 4) is 5.75 Å². The quantitative estimate of drug-likeness (QED) is 0.546. The van der Waals surface area contributed by atoms with Crippen molar-refractivity contribution < 1.29 is 19.0 Å². The Kier molecular flexibility index (Phi) is 5.98. The number of carboxylic acids is 1. The fourth-order valence-electron chi connectivity index (χ4n) is 3.11. The highest BCUT2D eigenvalue weighted by Gasteiger charge is 2.14. The van der Waals surface area contributed by atoms with Crippen molar-refractivity contribution >= 4 is 27.5 Å². The van der Waals surface area contributed by atoms with E-state index in [1.54, 1.807) is 0 Å². The van der Waals surface area contributed by atoms with Crippen LogP contribution < -0.4 is 4.74 Å². The smallest absolute Gasteiger partial charge is 0.303 e. The maximum absolute atomic E-state index is 14.1. The highest BCUT2D eigenvalue weighted by Crippen LogP contribution is 2.32. The summed E-state index contributed by atoms with van der Waals surface area (Å²) in [5, 5.41) is 9.87. The fourth-order valence-corrected chi connectivity index (χ4v) is 4.15. The normalized spacial score (nSPS) is 11.4. The monoisotopic (exact) mass is 401 g/mol. The van der Waals surface area contributed by atoms with E-state index in [1.807, 2.05) is 26.0 Å². The van der Waals surface area contributed by atoms with Gasteiger partial charge in [0.15, 0.2) is 0 Å². The Labute approximate surface area is 168 Å². The molecule has 0 aliphatic carbocycles. The van der Waals surface area contributed by atoms with Crippen LogP contribution in [0.25, 0.3) is 10.2 Å². The van der Waals surface area contributed by atoms with Gasteiger partial charge in [-0.3, -0.25) is 4.79 Å². The maximum Gasteiger partial charge on any atom is 0.303 e. The van der Waals surface area contributed by atoms with E-state index in [-0.39, 0.29) is 24.8 Å². The molecule has 0 atom stereocenters. The van der Waals surface area contributed by atoms with E-state index in [2.05, 4.69) is 18.8 Å². The van der Waals surface area contributed by atoms with Gasteiger partial charge < -0.3 is 9.84 Å². The number of rotatable bonds is 7. The first kappa shape index (κ1) is 20.3. The molecule has 1 N–H and O–H groups in total. The highest BCUT2D eigenvalue weighted by atomic mass is 32.1. The van der Waals surface area contributed by atoms with Gasteiger partial charge in [0.25, 0.3) is 0 Å². The van der Waals surface area contributed by atoms with Crippen LogP contribution in [0.2, 0.25) is 0 Å². The first-order chi connectivity index (χ1) is 13.3. The zero-order valence-electron chi connectivity index (χ0n) is 16.5. The Balaban J connectivity index is 1.84. The molecule has 3 rings (SSSR count). The Hall–Kier alpha value is -2.47. The summed E-state index contributed by atoms with van der Waals surface area (Å²) in [6.45, 7) is 8.29. The minimum Gasteiger partial charge on any atom is -0.489 e. The van der Waals surface area contributed by atoms with Crippen LogP contribution in [-0.4, -0.2) is 16.1 Å². The van der Waals surface area contributed by atoms with Crippen molar-refractivity contribution in [2.75, 3.05) is 0 Å². The summed E-state index contributed by atoms with van der Waals surface area (Å²) < 4.78 is 20.9. The lowest BCUT2D eigenvalue weighted by atomic mass is 9.99. The molecule has 0 saturated heterocycles. The van der Waals surface area contributed by atoms with Gasteiger partial charge in [0, 0.05) is 17.9 Å². The molecule has 6 heteroatoms. The number of aryl methyl sites for hydroxylation is 1. The third-order valence-electron chi connectivity index (χ3n) is 4.89. The summed E-state index contributed by atoms with van der Waals surface area (Å²) in [5.74, 6) is -0.0933. The molecular formula is C22H24FNO3S. The first-order valence-electron chi connectivity index (χ1n) is 9.28. The zero-order chi connectivity index (χ0) is 20.4. The number of fused-ring (bicyclic) bond motifs is 1. The summed E-state index contributed by atoms with van der Waals surface area (Å²) in [6, 6.07) is 6.77. The van der Waals surface area contributed by atoms with Crippen molar-refractivity contribution in [2.45, 2.75) is 53.1 Å². The molecule has 0 bridgehead atoms. The van der Waals surface area contributed by atoms with Crippen LogP contribution in [0, 0.1) is 19.7 Å². The number of hydrogen-bond donors (Lipinski definition) is 1. The van der Waals surface area contributed by atoms with Gasteiger partial charge in [0.05, 0.1) is 15.2 Å². The molecule has 0 saturated carbocycles. The second kappa shape index (κ2) is 8.27. The molecule has 2 aromatic carbocycles. The number of nitrogens with zero attached hydrogens (tertiary/aromatic N) is 1. The number of benzene rings is 2. The van der Waals surface area contributed by atoms with Crippen molar-refractivity contribution in [2.24, 2.45) is 0 Å². The van der Waals surface area contributed by atoms with Crippen LogP contribution in [0.5, 0.6) is 5.75 Å². The van der Waals surface area contributed by atoms with Crippen molar-refractivity contribution in [1.29, 1.82) is 0 Å². The number of aliphatic carboxylic acids is 1. The largest absolute Gasteiger partial charge is 0.489 e. The van der Waals surface area contributed by atoms with Gasteiger partial charge in [0.2, 0.25) is 0 Å². The molecule has 148 valence electrons. The van der Waals surface area contributed by atoms with Crippen molar-refractivity contribution in [1.82, 2.24) is 4.98 Å². The molecule has 0 radical (unpaired) electrons. The van der Waals surface area contributed by atoms with Crippen LogP contribution in [-0.2, 0) is 17.8 Å². The number of halogens is 1. The molecule has 0 aliphatic rings. The van der Waals surface area contributed by atoms with Gasteiger partial charge in [-0.15, -0.1) is 11.3 Å². The fraction of sp³-hybridized carbons (Fsp3) is 0.364. The Morgan fingerprint density at radius 1 is 1.21 bits per heavy atom. The van der Waals surface area contributed by atoms with Gasteiger partial charge in [-0.2, -0.15) is 0 Å². The number of aromatic nitrogens is 1. The third-order valence-corrected chi connectivity index (χ3v) is 6.19. The zero-order valence-corrected chi connectivity index (χ0v) is 17.3. The molecule has 0 amide bonds. The van der Waals surface area contributed by atoms with Gasteiger partial charge in [-0.1, -0.05) is 19.9 Å². The average Bonchev–Trinajstić information content (AvgIpc) is 3.06. The molecule has 1 aromatic heterocycles. The average molecular weight is 402 g/mol. The lowest BCUT2D eigenvalue weighted by molar-refractivity contribution is -0.136. The van der Waals surface area contributed by atoms with Crippen molar-refractivity contribution in [3.63, 3.8) is 0 Å². The van der Waals surface area contributed by atoms with Crippen LogP contribution in [0.3, 0.4) is 0 Å². The Bertz CT molecular complexity index is 1030. The van der Waals surface area contributed by atoms with Crippen LogP contribution in [0.1, 0.15) is 53.4 Å². The second-order valence-electron chi connectivity index (χ2n) is 7.27. The number of carbonyl (C=O) groups is 1. The van der Waals surface area contributed by atoms with Crippen LogP contribution in [0.4, 0.5) is 4.39 Å². The van der Waals surface area contributed by atoms with E-state index in [1.165, 1.54) is 23.5 Å². The molecule has 0 aliphatic heterocycles. The molecule has 3 aromatic rings. The van der Waals surface area contributed by atoms with Crippen molar-refractivity contribution in [3.05, 3.63) is 57.3 Å². The lowest BCUT2D eigenvalue weighted by Crippen LogP contribution is -2.03. The Morgan fingerprint density at radius 3 is 2.64 bits per heavy atom. The molecular weight excluding hydrogens is 377 g/mol. The summed E-state index contributed by atoms with van der Waals surface area (Å²) in [5.41, 5.74) is 4.52. The minimum absolute atomic E-state index is 0.101. The standard InChI is InChI=1S/C22H24FNO3S/c1-12(2)22-24-21-16(9-17(23)10-19(21)28-22)11-27-18-7-5-15(6-8-20(25)26)13(3)14(18)4/h5,7,9-10,12H,6,8,11H2,1-4H3,(H,25,26). The van der Waals surface area contributed by atoms with Gasteiger partial charge in [-0.05, 0) is 55.2 Å². The molecule has 0 fully saturated rings. The summed E-state index contributed by atoms with van der Waals surface area (Å²) in [6.07, 6.45) is 0.591. The first-order valence-corrected chi connectivity index (χ1v) is 10.1. The van der Waals surface area contributed by atoms with Crippen LogP contribution >= 0.6 is 11.3 Å². The summed E-state index contributed by atoms with van der Waals surface area (Å²) in [7, 11) is 0. The van der Waals surface area contributed by atoms with E-state index in [9.17, 15) is 9.18 Å². The minimum atomic E-state index is -0.809. The lowest BCUT2D eigenvalue weighted by Gasteiger charge is -2.14. The number of ether oxygens (including phenoxy) is 1. The van der Waals surface area contributed by atoms with E-state index in [0.29, 0.717) is 12.2 Å². The van der Waals surface area contributed by atoms with E-state index >= 15 is 0 Å². The SMILES string of the molecule is Cc1c(CCC(=O)O)ccc(OCc2cc(F)cc3sc(C(C)C)nc23)c1C. The summed E-state index contributed by atoms with van der Waals surface area (Å²) in [4.78, 5) is 15.5. The van der Waals surface area contributed by atoms with Crippen LogP contribution in [0.15, 0.2) is 24.3 Å². The predicted octanol–water partition coefficient (Wildman–Crippen LogP) is 5.77. The Morgan fingerprint density at radius 2 is 1.96 bits per heavy atom. The predicted molar refractivity (Wildman–Crippen MR) is 110 cm³/mol. The van der Waals surface area contributed by atoms with E-state index in [4.69, 9.17) is 9.84 Å². The summed E-state index contributed by atoms with van der Waals surface area (Å²) >= 11 is 1.52. The van der Waals surface area contributed by atoms with Gasteiger partial charge >= 0.3 is 5.97 Å². The van der Waals surface area contributed by atoms with Gasteiger partial charge in [0.1, 0.15) is 18.2 Å². The maximum atomic E-state index is 14.1. The molecule has 1 heterocycles. The number of thiazole rings is 1. The van der Waals surface area contributed by atoms with E-state index in [0.717, 1.165) is 37.5 Å². The van der Waals surface area contributed by atoms with Gasteiger partial charge in [-0.25, -0.2) is 9.37 Å². The topological polar surface area (TPSA) is 59.4 Å². The molecule has 28 heavy (non-hydrogen) atoms. The highest BCUT2D eigenvalue weighted by molar-refractivity contribution is 7.18.